The lowest BCUT2D eigenvalue weighted by Crippen LogP contribution is -1.89. The van der Waals surface area contributed by atoms with Crippen molar-refractivity contribution in [2.45, 2.75) is 19.8 Å². The highest BCUT2D eigenvalue weighted by Gasteiger charge is 1.99. The quantitative estimate of drug-likeness (QED) is 0.746. The molecule has 0 aliphatic rings. The number of ether oxygens (including phenoxy) is 1. The standard InChI is InChI=1S/C16H17FO/c1-2-3-13-4-6-14(7-5-13)15-8-10-16(11-9-15)18-12-17/h4-11H,2-3,12H2,1H3. The second-order valence-electron chi connectivity index (χ2n) is 4.22. The third-order valence-corrected chi connectivity index (χ3v) is 2.90. The maximum Gasteiger partial charge on any atom is 0.228 e. The first-order valence-electron chi connectivity index (χ1n) is 6.21. The van der Waals surface area contributed by atoms with Gasteiger partial charge in [-0.1, -0.05) is 49.7 Å². The molecule has 0 atom stereocenters. The van der Waals surface area contributed by atoms with E-state index in [4.69, 9.17) is 4.74 Å². The number of aryl methyl sites for hydroxylation is 1. The summed E-state index contributed by atoms with van der Waals surface area (Å²) in [5.41, 5.74) is 3.64. The Morgan fingerprint density at radius 3 is 1.94 bits per heavy atom. The van der Waals surface area contributed by atoms with E-state index in [0.717, 1.165) is 18.4 Å². The van der Waals surface area contributed by atoms with E-state index in [-0.39, 0.29) is 0 Å². The molecule has 0 N–H and O–H groups in total. The summed E-state index contributed by atoms with van der Waals surface area (Å²) in [6, 6.07) is 16.0. The molecule has 1 nitrogen and oxygen atoms in total. The van der Waals surface area contributed by atoms with Gasteiger partial charge in [-0.05, 0) is 35.2 Å². The molecule has 0 saturated heterocycles. The molecule has 0 aliphatic carbocycles. The van der Waals surface area contributed by atoms with Crippen LogP contribution in [0.4, 0.5) is 4.39 Å². The second kappa shape index (κ2) is 6.20. The topological polar surface area (TPSA) is 9.23 Å². The van der Waals surface area contributed by atoms with Crippen molar-refractivity contribution in [2.24, 2.45) is 0 Å². The van der Waals surface area contributed by atoms with Crippen LogP contribution in [0.2, 0.25) is 0 Å². The van der Waals surface area contributed by atoms with Crippen molar-refractivity contribution in [1.82, 2.24) is 0 Å². The van der Waals surface area contributed by atoms with Gasteiger partial charge < -0.3 is 4.74 Å². The molecule has 0 aliphatic heterocycles. The third kappa shape index (κ3) is 3.10. The van der Waals surface area contributed by atoms with Crippen LogP contribution in [0, 0.1) is 0 Å². The van der Waals surface area contributed by atoms with Gasteiger partial charge in [0.15, 0.2) is 0 Å². The Kier molecular flexibility index (Phi) is 4.35. The van der Waals surface area contributed by atoms with Crippen LogP contribution in [0.25, 0.3) is 11.1 Å². The molecule has 2 aromatic rings. The summed E-state index contributed by atoms with van der Waals surface area (Å²) in [6.45, 7) is 1.39. The zero-order valence-electron chi connectivity index (χ0n) is 10.5. The average Bonchev–Trinajstić information content (AvgIpc) is 2.41. The monoisotopic (exact) mass is 244 g/mol. The van der Waals surface area contributed by atoms with Gasteiger partial charge >= 0.3 is 0 Å². The van der Waals surface area contributed by atoms with Crippen LogP contribution in [0.5, 0.6) is 5.75 Å². The van der Waals surface area contributed by atoms with E-state index in [1.165, 1.54) is 11.1 Å². The first-order chi connectivity index (χ1) is 8.83. The van der Waals surface area contributed by atoms with Gasteiger partial charge in [-0.3, -0.25) is 0 Å². The molecule has 0 saturated carbocycles. The summed E-state index contributed by atoms with van der Waals surface area (Å²) < 4.78 is 16.8. The molecular weight excluding hydrogens is 227 g/mol. The van der Waals surface area contributed by atoms with Gasteiger partial charge in [0, 0.05) is 0 Å². The van der Waals surface area contributed by atoms with Gasteiger partial charge in [-0.2, -0.15) is 0 Å². The van der Waals surface area contributed by atoms with Crippen LogP contribution in [0.15, 0.2) is 48.5 Å². The van der Waals surface area contributed by atoms with Crippen molar-refractivity contribution < 1.29 is 9.13 Å². The van der Waals surface area contributed by atoms with Crippen molar-refractivity contribution >= 4 is 0 Å². The maximum absolute atomic E-state index is 12.0. The SMILES string of the molecule is CCCc1ccc(-c2ccc(OCF)cc2)cc1. The molecular formula is C16H17FO. The van der Waals surface area contributed by atoms with E-state index in [1.54, 1.807) is 12.1 Å². The highest BCUT2D eigenvalue weighted by Crippen LogP contribution is 2.23. The average molecular weight is 244 g/mol. The Bertz CT molecular complexity index is 426. The van der Waals surface area contributed by atoms with Crippen molar-refractivity contribution in [1.29, 1.82) is 0 Å². The second-order valence-corrected chi connectivity index (χ2v) is 4.22. The Hall–Kier alpha value is -1.83. The fourth-order valence-electron chi connectivity index (χ4n) is 1.96. The summed E-state index contributed by atoms with van der Waals surface area (Å²) in [7, 11) is 0. The van der Waals surface area contributed by atoms with Gasteiger partial charge in [0.1, 0.15) is 5.75 Å². The molecule has 0 radical (unpaired) electrons. The van der Waals surface area contributed by atoms with E-state index in [1.807, 2.05) is 12.1 Å². The number of benzene rings is 2. The van der Waals surface area contributed by atoms with Crippen molar-refractivity contribution in [3.05, 3.63) is 54.1 Å². The Morgan fingerprint density at radius 2 is 1.44 bits per heavy atom. The van der Waals surface area contributed by atoms with Crippen LogP contribution < -0.4 is 4.74 Å². The fourth-order valence-corrected chi connectivity index (χ4v) is 1.96. The van der Waals surface area contributed by atoms with Crippen molar-refractivity contribution in [3.8, 4) is 16.9 Å². The highest BCUT2D eigenvalue weighted by molar-refractivity contribution is 5.64. The number of hydrogen-bond acceptors (Lipinski definition) is 1. The van der Waals surface area contributed by atoms with Gasteiger partial charge in [0.05, 0.1) is 0 Å². The van der Waals surface area contributed by atoms with Gasteiger partial charge in [-0.15, -0.1) is 0 Å². The van der Waals surface area contributed by atoms with Gasteiger partial charge in [0.2, 0.25) is 6.86 Å². The van der Waals surface area contributed by atoms with Crippen LogP contribution in [-0.4, -0.2) is 6.86 Å². The van der Waals surface area contributed by atoms with E-state index in [0.29, 0.717) is 5.75 Å². The van der Waals surface area contributed by atoms with Crippen LogP contribution in [0.1, 0.15) is 18.9 Å². The smallest absolute Gasteiger partial charge is 0.228 e. The molecule has 0 unspecified atom stereocenters. The molecule has 0 spiro atoms. The molecule has 2 heteroatoms. The Morgan fingerprint density at radius 1 is 0.889 bits per heavy atom. The lowest BCUT2D eigenvalue weighted by atomic mass is 10.0. The summed E-state index contributed by atoms with van der Waals surface area (Å²) in [6.07, 6.45) is 2.28. The van der Waals surface area contributed by atoms with Crippen LogP contribution in [-0.2, 0) is 6.42 Å². The molecule has 0 aromatic heterocycles. The first-order valence-corrected chi connectivity index (χ1v) is 6.21. The Balaban J connectivity index is 2.15. The molecule has 0 fully saturated rings. The number of alkyl halides is 1. The lowest BCUT2D eigenvalue weighted by molar-refractivity contribution is 0.192. The third-order valence-electron chi connectivity index (χ3n) is 2.90. The van der Waals surface area contributed by atoms with Crippen LogP contribution in [0.3, 0.4) is 0 Å². The molecule has 0 heterocycles. The van der Waals surface area contributed by atoms with Crippen molar-refractivity contribution in [3.63, 3.8) is 0 Å². The van der Waals surface area contributed by atoms with E-state index in [2.05, 4.69) is 31.2 Å². The zero-order valence-corrected chi connectivity index (χ0v) is 10.5. The van der Waals surface area contributed by atoms with E-state index >= 15 is 0 Å². The predicted molar refractivity (Wildman–Crippen MR) is 72.5 cm³/mol. The van der Waals surface area contributed by atoms with Gasteiger partial charge in [0.25, 0.3) is 0 Å². The zero-order chi connectivity index (χ0) is 12.8. The summed E-state index contributed by atoms with van der Waals surface area (Å²) in [5, 5.41) is 0. The summed E-state index contributed by atoms with van der Waals surface area (Å²) in [5.74, 6) is 0.559. The Labute approximate surface area is 107 Å². The number of rotatable bonds is 5. The minimum atomic E-state index is -0.787. The summed E-state index contributed by atoms with van der Waals surface area (Å²) in [4.78, 5) is 0. The first kappa shape index (κ1) is 12.6. The lowest BCUT2D eigenvalue weighted by Gasteiger charge is -2.05. The molecule has 2 rings (SSSR count). The normalized spacial score (nSPS) is 10.3. The maximum atomic E-state index is 12.0. The van der Waals surface area contributed by atoms with Crippen LogP contribution >= 0.6 is 0 Å². The number of halogens is 1. The number of hydrogen-bond donors (Lipinski definition) is 0. The largest absolute Gasteiger partial charge is 0.463 e. The molecule has 0 bridgehead atoms. The fraction of sp³-hybridized carbons (Fsp3) is 0.250. The minimum Gasteiger partial charge on any atom is -0.463 e. The summed E-state index contributed by atoms with van der Waals surface area (Å²) >= 11 is 0. The highest BCUT2D eigenvalue weighted by atomic mass is 19.1. The van der Waals surface area contributed by atoms with E-state index in [9.17, 15) is 4.39 Å². The molecule has 94 valence electrons. The molecule has 0 amide bonds. The van der Waals surface area contributed by atoms with Gasteiger partial charge in [-0.25, -0.2) is 4.39 Å². The van der Waals surface area contributed by atoms with Crippen molar-refractivity contribution in [2.75, 3.05) is 6.86 Å². The van der Waals surface area contributed by atoms with E-state index < -0.39 is 6.86 Å². The molecule has 2 aromatic carbocycles. The molecule has 18 heavy (non-hydrogen) atoms. The predicted octanol–water partition coefficient (Wildman–Crippen LogP) is 4.61. The minimum absolute atomic E-state index is 0.559.